The molecule has 0 radical (unpaired) electrons. The Labute approximate surface area is 160 Å². The number of hydrogen-bond donors (Lipinski definition) is 1. The van der Waals surface area contributed by atoms with Crippen molar-refractivity contribution in [3.05, 3.63) is 87.8 Å². The van der Waals surface area contributed by atoms with Gasteiger partial charge >= 0.3 is 5.91 Å². The molecule has 0 spiro atoms. The molecule has 1 amide bonds. The van der Waals surface area contributed by atoms with E-state index in [1.807, 2.05) is 36.6 Å². The molecule has 3 heterocycles. The summed E-state index contributed by atoms with van der Waals surface area (Å²) in [5.74, 6) is -1.19. The highest BCUT2D eigenvalue weighted by atomic mass is 32.1. The zero-order valence-corrected chi connectivity index (χ0v) is 15.3. The summed E-state index contributed by atoms with van der Waals surface area (Å²) in [4.78, 5) is 32.3. The molecule has 134 valence electrons. The Balaban J connectivity index is 1.94. The van der Waals surface area contributed by atoms with Gasteiger partial charge in [0, 0.05) is 16.1 Å². The Morgan fingerprint density at radius 3 is 2.48 bits per heavy atom. The summed E-state index contributed by atoms with van der Waals surface area (Å²) < 4.78 is 0. The van der Waals surface area contributed by atoms with Gasteiger partial charge in [-0.3, -0.25) is 14.5 Å². The quantitative estimate of drug-likeness (QED) is 0.425. The lowest BCUT2D eigenvalue weighted by Gasteiger charge is -2.23. The van der Waals surface area contributed by atoms with Gasteiger partial charge in [-0.05, 0) is 30.5 Å². The lowest BCUT2D eigenvalue weighted by Crippen LogP contribution is -2.30. The monoisotopic (exact) mass is 376 g/mol. The highest BCUT2D eigenvalue weighted by molar-refractivity contribution is 7.10. The van der Waals surface area contributed by atoms with E-state index in [1.165, 1.54) is 16.2 Å². The maximum Gasteiger partial charge on any atom is 0.301 e. The first-order chi connectivity index (χ1) is 13.1. The number of aliphatic hydroxyl groups excluding tert-OH is 1. The Bertz CT molecular complexity index is 1040. The maximum atomic E-state index is 12.9. The molecule has 1 aliphatic rings. The van der Waals surface area contributed by atoms with E-state index >= 15 is 0 Å². The van der Waals surface area contributed by atoms with Gasteiger partial charge in [-0.1, -0.05) is 42.5 Å². The highest BCUT2D eigenvalue weighted by Crippen LogP contribution is 2.42. The smallest absolute Gasteiger partial charge is 0.301 e. The van der Waals surface area contributed by atoms with Gasteiger partial charge in [-0.15, -0.1) is 11.3 Å². The number of aliphatic hydroxyl groups is 1. The first-order valence-corrected chi connectivity index (χ1v) is 9.29. The summed E-state index contributed by atoms with van der Waals surface area (Å²) in [6.45, 7) is 1.82. The van der Waals surface area contributed by atoms with Crippen LogP contribution in [0.15, 0.2) is 71.6 Å². The average Bonchev–Trinajstić information content (AvgIpc) is 3.29. The molecule has 0 unspecified atom stereocenters. The molecule has 0 saturated carbocycles. The van der Waals surface area contributed by atoms with Crippen LogP contribution in [0.5, 0.6) is 0 Å². The van der Waals surface area contributed by atoms with Gasteiger partial charge < -0.3 is 5.11 Å². The number of anilines is 1. The van der Waals surface area contributed by atoms with Crippen LogP contribution in [-0.2, 0) is 9.59 Å². The van der Waals surface area contributed by atoms with E-state index in [9.17, 15) is 14.7 Å². The van der Waals surface area contributed by atoms with Crippen molar-refractivity contribution in [1.82, 2.24) is 4.98 Å². The minimum atomic E-state index is -0.710. The molecule has 1 N–H and O–H groups in total. The molecule has 1 aliphatic heterocycles. The molecule has 1 saturated heterocycles. The van der Waals surface area contributed by atoms with E-state index < -0.39 is 17.7 Å². The van der Waals surface area contributed by atoms with Crippen LogP contribution >= 0.6 is 11.3 Å². The molecule has 0 aliphatic carbocycles. The van der Waals surface area contributed by atoms with Crippen LogP contribution in [-0.4, -0.2) is 21.8 Å². The number of aryl methyl sites for hydroxylation is 1. The molecule has 0 bridgehead atoms. The molecule has 27 heavy (non-hydrogen) atoms. The Kier molecular flexibility index (Phi) is 4.33. The number of nitrogens with zero attached hydrogens (tertiary/aromatic N) is 2. The van der Waals surface area contributed by atoms with Gasteiger partial charge in [0.25, 0.3) is 5.78 Å². The number of pyridine rings is 1. The maximum absolute atomic E-state index is 12.9. The third kappa shape index (κ3) is 2.94. The van der Waals surface area contributed by atoms with Crippen LogP contribution in [0.2, 0.25) is 0 Å². The van der Waals surface area contributed by atoms with Crippen molar-refractivity contribution in [2.45, 2.75) is 13.0 Å². The van der Waals surface area contributed by atoms with Crippen LogP contribution in [0.25, 0.3) is 5.76 Å². The lowest BCUT2D eigenvalue weighted by molar-refractivity contribution is -0.132. The Morgan fingerprint density at radius 1 is 1.04 bits per heavy atom. The van der Waals surface area contributed by atoms with Crippen molar-refractivity contribution in [3.63, 3.8) is 0 Å². The summed E-state index contributed by atoms with van der Waals surface area (Å²) in [6, 6.07) is 17.1. The molecule has 1 aromatic carbocycles. The summed E-state index contributed by atoms with van der Waals surface area (Å²) in [7, 11) is 0. The first kappa shape index (κ1) is 17.2. The predicted molar refractivity (Wildman–Crippen MR) is 105 cm³/mol. The van der Waals surface area contributed by atoms with Crippen molar-refractivity contribution in [2.24, 2.45) is 0 Å². The van der Waals surface area contributed by atoms with Crippen LogP contribution in [0.3, 0.4) is 0 Å². The van der Waals surface area contributed by atoms with E-state index in [-0.39, 0.29) is 11.3 Å². The third-order valence-corrected chi connectivity index (χ3v) is 5.35. The number of benzene rings is 1. The van der Waals surface area contributed by atoms with Crippen LogP contribution in [0.4, 0.5) is 5.82 Å². The van der Waals surface area contributed by atoms with Gasteiger partial charge in [-0.25, -0.2) is 4.98 Å². The summed E-state index contributed by atoms with van der Waals surface area (Å²) in [5, 5.41) is 12.7. The Hall–Kier alpha value is -3.25. The SMILES string of the molecule is Cc1cccc(N2C(=O)C(=O)C(=C(O)c3ccccc3)[C@H]2c2cccs2)n1. The number of aromatic nitrogens is 1. The van der Waals surface area contributed by atoms with Gasteiger partial charge in [-0.2, -0.15) is 0 Å². The van der Waals surface area contributed by atoms with Crippen molar-refractivity contribution in [2.75, 3.05) is 4.90 Å². The van der Waals surface area contributed by atoms with E-state index in [2.05, 4.69) is 4.98 Å². The number of hydrogen-bond acceptors (Lipinski definition) is 5. The van der Waals surface area contributed by atoms with Gasteiger partial charge in [0.05, 0.1) is 5.57 Å². The molecule has 1 fully saturated rings. The Morgan fingerprint density at radius 2 is 1.81 bits per heavy atom. The third-order valence-electron chi connectivity index (χ3n) is 4.42. The van der Waals surface area contributed by atoms with E-state index in [4.69, 9.17) is 0 Å². The molecule has 6 heteroatoms. The zero-order valence-electron chi connectivity index (χ0n) is 14.5. The fourth-order valence-electron chi connectivity index (χ4n) is 3.20. The van der Waals surface area contributed by atoms with Crippen molar-refractivity contribution in [1.29, 1.82) is 0 Å². The topological polar surface area (TPSA) is 70.5 Å². The number of amides is 1. The number of thiophene rings is 1. The number of ketones is 1. The second kappa shape index (κ2) is 6.81. The van der Waals surface area contributed by atoms with Crippen molar-refractivity contribution >= 4 is 34.6 Å². The lowest BCUT2D eigenvalue weighted by atomic mass is 10.00. The first-order valence-electron chi connectivity index (χ1n) is 8.41. The minimum Gasteiger partial charge on any atom is -0.507 e. The summed E-state index contributed by atoms with van der Waals surface area (Å²) in [6.07, 6.45) is 0. The second-order valence-corrected chi connectivity index (χ2v) is 7.17. The number of Topliss-reactive ketones (excluding diaryl/α,β-unsaturated/α-hetero) is 1. The largest absolute Gasteiger partial charge is 0.507 e. The van der Waals surface area contributed by atoms with Crippen LogP contribution < -0.4 is 4.90 Å². The fraction of sp³-hybridized carbons (Fsp3) is 0.0952. The minimum absolute atomic E-state index is 0.0805. The molecule has 5 nitrogen and oxygen atoms in total. The predicted octanol–water partition coefficient (Wildman–Crippen LogP) is 4.08. The standard InChI is InChI=1S/C21H16N2O3S/c1-13-7-5-11-16(22-13)23-18(15-10-6-12-27-15)17(20(25)21(23)26)19(24)14-8-3-2-4-9-14/h2-12,18,24H,1H3/t18-/m1/s1. The van der Waals surface area contributed by atoms with Crippen LogP contribution in [0, 0.1) is 6.92 Å². The normalized spacial score (nSPS) is 18.9. The highest BCUT2D eigenvalue weighted by Gasteiger charge is 2.47. The van der Waals surface area contributed by atoms with Gasteiger partial charge in [0.1, 0.15) is 17.6 Å². The molecule has 1 atom stereocenters. The molecular weight excluding hydrogens is 360 g/mol. The second-order valence-electron chi connectivity index (χ2n) is 6.19. The van der Waals surface area contributed by atoms with Gasteiger partial charge in [0.2, 0.25) is 0 Å². The van der Waals surface area contributed by atoms with E-state index in [0.717, 1.165) is 10.6 Å². The molecule has 4 rings (SSSR count). The molecule has 2 aromatic heterocycles. The van der Waals surface area contributed by atoms with Crippen LogP contribution in [0.1, 0.15) is 22.2 Å². The molecular formula is C21H16N2O3S. The zero-order chi connectivity index (χ0) is 19.0. The van der Waals surface area contributed by atoms with Gasteiger partial charge in [0.15, 0.2) is 0 Å². The summed E-state index contributed by atoms with van der Waals surface area (Å²) in [5.41, 5.74) is 1.31. The molecule has 3 aromatic rings. The number of rotatable bonds is 3. The van der Waals surface area contributed by atoms with Crippen molar-refractivity contribution in [3.8, 4) is 0 Å². The van der Waals surface area contributed by atoms with E-state index in [0.29, 0.717) is 11.4 Å². The number of carbonyl (C=O) groups excluding carboxylic acids is 2. The average molecular weight is 376 g/mol. The van der Waals surface area contributed by atoms with E-state index in [1.54, 1.807) is 36.4 Å². The van der Waals surface area contributed by atoms with Crippen molar-refractivity contribution < 1.29 is 14.7 Å². The fourth-order valence-corrected chi connectivity index (χ4v) is 4.02. The number of carbonyl (C=O) groups is 2. The summed E-state index contributed by atoms with van der Waals surface area (Å²) >= 11 is 1.42.